The maximum absolute atomic E-state index is 14.2. The number of thiophene rings is 1. The minimum Gasteiger partial charge on any atom is -0.441 e. The van der Waals surface area contributed by atoms with Crippen LogP contribution in [0.25, 0.3) is 21.6 Å². The Bertz CT molecular complexity index is 1310. The van der Waals surface area contributed by atoms with E-state index in [1.165, 1.54) is 24.5 Å². The second-order valence-corrected chi connectivity index (χ2v) is 9.80. The van der Waals surface area contributed by atoms with Crippen molar-refractivity contribution in [1.82, 2.24) is 0 Å². The van der Waals surface area contributed by atoms with Gasteiger partial charge in [0.05, 0.1) is 10.6 Å². The van der Waals surface area contributed by atoms with Gasteiger partial charge < -0.3 is 4.74 Å². The fraction of sp³-hybridized carbons (Fsp3) is 0.207. The van der Waals surface area contributed by atoms with Crippen molar-refractivity contribution < 1.29 is 13.9 Å². The van der Waals surface area contributed by atoms with E-state index in [4.69, 9.17) is 4.74 Å². The standard InChI is InChI=1S/C29H26FNO2S/c1-18-5-3-4-6-25(18)19(2)33-29(32)31-26-17-27(30)34-28(26)24-15-13-23(14-16-24)22-11-9-21(10-12-22)20-7-8-20/h3-6,9-17,19-20H,7-8H2,1-2H3,(H,31,32)/t19-/m1/s1. The number of aryl methyl sites for hydroxylation is 1. The minimum absolute atomic E-state index is 0.364. The lowest BCUT2D eigenvalue weighted by molar-refractivity contribution is 0.121. The molecular formula is C29H26FNO2S. The number of halogens is 1. The second-order valence-electron chi connectivity index (χ2n) is 8.80. The zero-order valence-electron chi connectivity index (χ0n) is 19.2. The first kappa shape index (κ1) is 22.4. The maximum Gasteiger partial charge on any atom is 0.412 e. The van der Waals surface area contributed by atoms with Crippen LogP contribution in [0.3, 0.4) is 0 Å². The lowest BCUT2D eigenvalue weighted by Crippen LogP contribution is -2.16. The molecule has 34 heavy (non-hydrogen) atoms. The summed E-state index contributed by atoms with van der Waals surface area (Å²) in [4.78, 5) is 13.2. The van der Waals surface area contributed by atoms with E-state index >= 15 is 0 Å². The molecule has 5 heteroatoms. The summed E-state index contributed by atoms with van der Waals surface area (Å²) in [5, 5.41) is 2.36. The van der Waals surface area contributed by atoms with Crippen molar-refractivity contribution in [2.45, 2.75) is 38.7 Å². The van der Waals surface area contributed by atoms with E-state index in [1.54, 1.807) is 0 Å². The Morgan fingerprint density at radius 2 is 1.59 bits per heavy atom. The van der Waals surface area contributed by atoms with Gasteiger partial charge in [0.25, 0.3) is 0 Å². The van der Waals surface area contributed by atoms with E-state index in [0.29, 0.717) is 10.6 Å². The fourth-order valence-corrected chi connectivity index (χ4v) is 5.10. The fourth-order valence-electron chi connectivity index (χ4n) is 4.25. The first-order valence-electron chi connectivity index (χ1n) is 11.5. The zero-order valence-corrected chi connectivity index (χ0v) is 20.0. The number of hydrogen-bond donors (Lipinski definition) is 1. The Morgan fingerprint density at radius 3 is 2.24 bits per heavy atom. The van der Waals surface area contributed by atoms with Crippen LogP contribution in [0.4, 0.5) is 14.9 Å². The van der Waals surface area contributed by atoms with Gasteiger partial charge in [-0.25, -0.2) is 4.79 Å². The number of hydrogen-bond acceptors (Lipinski definition) is 3. The molecule has 1 fully saturated rings. The topological polar surface area (TPSA) is 38.3 Å². The quantitative estimate of drug-likeness (QED) is 0.305. The van der Waals surface area contributed by atoms with Crippen molar-refractivity contribution >= 4 is 23.1 Å². The Hall–Kier alpha value is -3.44. The Balaban J connectivity index is 1.30. The number of nitrogens with one attached hydrogen (secondary N) is 1. The van der Waals surface area contributed by atoms with Crippen LogP contribution in [0.2, 0.25) is 0 Å². The van der Waals surface area contributed by atoms with Gasteiger partial charge in [-0.15, -0.1) is 11.3 Å². The molecule has 0 saturated heterocycles. The van der Waals surface area contributed by atoms with Crippen molar-refractivity contribution in [1.29, 1.82) is 0 Å². The second kappa shape index (κ2) is 9.43. The van der Waals surface area contributed by atoms with E-state index in [1.807, 2.05) is 62.4 Å². The predicted molar refractivity (Wildman–Crippen MR) is 137 cm³/mol. The molecule has 0 radical (unpaired) electrons. The number of benzene rings is 3. The molecule has 4 aromatic rings. The molecule has 1 aromatic heterocycles. The predicted octanol–water partition coefficient (Wildman–Crippen LogP) is 8.72. The molecule has 172 valence electrons. The van der Waals surface area contributed by atoms with Gasteiger partial charge in [-0.1, -0.05) is 72.8 Å². The van der Waals surface area contributed by atoms with Crippen LogP contribution in [-0.2, 0) is 4.74 Å². The summed E-state index contributed by atoms with van der Waals surface area (Å²) in [5.74, 6) is 0.738. The first-order valence-corrected chi connectivity index (χ1v) is 12.3. The normalized spacial score (nSPS) is 14.0. The lowest BCUT2D eigenvalue weighted by atomic mass is 10.0. The third-order valence-electron chi connectivity index (χ3n) is 6.29. The summed E-state index contributed by atoms with van der Waals surface area (Å²) < 4.78 is 19.7. The number of rotatable bonds is 6. The average Bonchev–Trinajstić information content (AvgIpc) is 3.62. The molecule has 3 aromatic carbocycles. The smallest absolute Gasteiger partial charge is 0.412 e. The summed E-state index contributed by atoms with van der Waals surface area (Å²) in [6.07, 6.45) is 1.56. The van der Waals surface area contributed by atoms with Crippen LogP contribution < -0.4 is 5.32 Å². The Labute approximate surface area is 203 Å². The van der Waals surface area contributed by atoms with Gasteiger partial charge >= 0.3 is 6.09 Å². The number of carbonyl (C=O) groups is 1. The minimum atomic E-state index is -0.609. The van der Waals surface area contributed by atoms with Crippen molar-refractivity contribution in [3.05, 3.63) is 101 Å². The largest absolute Gasteiger partial charge is 0.441 e. The zero-order chi connectivity index (χ0) is 23.7. The number of ether oxygens (including phenoxy) is 1. The number of anilines is 1. The molecule has 0 aliphatic heterocycles. The molecule has 1 amide bonds. The summed E-state index contributed by atoms with van der Waals surface area (Å²) in [6, 6.07) is 25.8. The third-order valence-corrected chi connectivity index (χ3v) is 7.26. The molecule has 1 aliphatic rings. The van der Waals surface area contributed by atoms with Crippen LogP contribution in [0.1, 0.15) is 48.5 Å². The van der Waals surface area contributed by atoms with E-state index in [9.17, 15) is 9.18 Å². The van der Waals surface area contributed by atoms with Gasteiger partial charge in [-0.3, -0.25) is 5.32 Å². The Kier molecular flexibility index (Phi) is 6.20. The highest BCUT2D eigenvalue weighted by Crippen LogP contribution is 2.41. The van der Waals surface area contributed by atoms with Crippen LogP contribution in [-0.4, -0.2) is 6.09 Å². The van der Waals surface area contributed by atoms with Crippen LogP contribution in [0, 0.1) is 12.1 Å². The third kappa shape index (κ3) is 4.90. The summed E-state index contributed by atoms with van der Waals surface area (Å²) in [5.41, 5.74) is 6.90. The van der Waals surface area contributed by atoms with Crippen LogP contribution in [0.15, 0.2) is 78.9 Å². The molecule has 1 N–H and O–H groups in total. The van der Waals surface area contributed by atoms with Gasteiger partial charge in [-0.2, -0.15) is 4.39 Å². The first-order chi connectivity index (χ1) is 16.5. The molecule has 1 saturated carbocycles. The van der Waals surface area contributed by atoms with Crippen molar-refractivity contribution in [3.8, 4) is 21.6 Å². The summed E-state index contributed by atoms with van der Waals surface area (Å²) >= 11 is 1.00. The molecule has 3 nitrogen and oxygen atoms in total. The molecular weight excluding hydrogens is 445 g/mol. The molecule has 0 spiro atoms. The maximum atomic E-state index is 14.2. The number of carbonyl (C=O) groups excluding carboxylic acids is 1. The van der Waals surface area contributed by atoms with Gasteiger partial charge in [0.2, 0.25) is 0 Å². The van der Waals surface area contributed by atoms with Crippen molar-refractivity contribution in [3.63, 3.8) is 0 Å². The SMILES string of the molecule is Cc1ccccc1[C@@H](C)OC(=O)Nc1cc(F)sc1-c1ccc(-c2ccc(C3CC3)cc2)cc1. The van der Waals surface area contributed by atoms with E-state index in [2.05, 4.69) is 29.6 Å². The van der Waals surface area contributed by atoms with Crippen molar-refractivity contribution in [2.24, 2.45) is 0 Å². The molecule has 1 heterocycles. The average molecular weight is 472 g/mol. The lowest BCUT2D eigenvalue weighted by Gasteiger charge is -2.16. The molecule has 0 bridgehead atoms. The summed E-state index contributed by atoms with van der Waals surface area (Å²) in [7, 11) is 0. The Morgan fingerprint density at radius 1 is 0.971 bits per heavy atom. The van der Waals surface area contributed by atoms with E-state index in [0.717, 1.165) is 45.1 Å². The van der Waals surface area contributed by atoms with Gasteiger partial charge in [-0.05, 0) is 66.0 Å². The molecule has 5 rings (SSSR count). The molecule has 0 unspecified atom stereocenters. The summed E-state index contributed by atoms with van der Waals surface area (Å²) in [6.45, 7) is 3.80. The van der Waals surface area contributed by atoms with E-state index in [-0.39, 0.29) is 5.13 Å². The van der Waals surface area contributed by atoms with Gasteiger partial charge in [0.15, 0.2) is 5.13 Å². The monoisotopic (exact) mass is 471 g/mol. The van der Waals surface area contributed by atoms with Gasteiger partial charge in [0, 0.05) is 6.07 Å². The van der Waals surface area contributed by atoms with Crippen LogP contribution in [0.5, 0.6) is 0 Å². The van der Waals surface area contributed by atoms with Gasteiger partial charge in [0.1, 0.15) is 6.10 Å². The number of amides is 1. The highest BCUT2D eigenvalue weighted by molar-refractivity contribution is 7.14. The molecule has 1 atom stereocenters. The van der Waals surface area contributed by atoms with Crippen molar-refractivity contribution in [2.75, 3.05) is 5.32 Å². The van der Waals surface area contributed by atoms with Crippen LogP contribution >= 0.6 is 11.3 Å². The molecule has 1 aliphatic carbocycles. The highest BCUT2D eigenvalue weighted by atomic mass is 32.1. The highest BCUT2D eigenvalue weighted by Gasteiger charge is 2.23. The van der Waals surface area contributed by atoms with E-state index < -0.39 is 12.2 Å².